The summed E-state index contributed by atoms with van der Waals surface area (Å²) >= 11 is 0. The van der Waals surface area contributed by atoms with Gasteiger partial charge >= 0.3 is 19.5 Å². The molecule has 0 radical (unpaired) electrons. The van der Waals surface area contributed by atoms with Crippen molar-refractivity contribution in [3.8, 4) is 12.1 Å². The molecule has 0 saturated heterocycles. The summed E-state index contributed by atoms with van der Waals surface area (Å²) < 4.78 is 0. The Morgan fingerprint density at radius 3 is 1.18 bits per heavy atom. The molecule has 0 aliphatic carbocycles. The van der Waals surface area contributed by atoms with Crippen molar-refractivity contribution in [2.24, 2.45) is 0 Å². The second-order valence-corrected chi connectivity index (χ2v) is 2.80. The minimum atomic E-state index is 0. The van der Waals surface area contributed by atoms with Crippen LogP contribution in [0.15, 0.2) is 48.5 Å². The summed E-state index contributed by atoms with van der Waals surface area (Å²) in [6.45, 7) is 0. The van der Waals surface area contributed by atoms with Gasteiger partial charge in [0.25, 0.3) is 0 Å². The molecular weight excluding hydrogens is 262 g/mol. The predicted octanol–water partition coefficient (Wildman–Crippen LogP) is 2.71. The smallest absolute Gasteiger partial charge is 0.195 e. The Bertz CT molecular complexity index is 446. The van der Waals surface area contributed by atoms with E-state index in [0.29, 0.717) is 11.1 Å². The van der Waals surface area contributed by atoms with Gasteiger partial charge in [-0.1, -0.05) is 11.1 Å². The zero-order valence-corrected chi connectivity index (χ0v) is 12.2. The number of hydrogen-bond acceptors (Lipinski definition) is 2. The topological polar surface area (TPSA) is 47.6 Å². The van der Waals surface area contributed by atoms with E-state index in [1.165, 1.54) is 0 Å². The first-order valence-corrected chi connectivity index (χ1v) is 4.59. The fourth-order valence-electron chi connectivity index (χ4n) is 0.923. The van der Waals surface area contributed by atoms with Gasteiger partial charge < -0.3 is 0 Å². The van der Waals surface area contributed by atoms with Crippen molar-refractivity contribution in [1.29, 1.82) is 10.5 Å². The fraction of sp³-hybridized carbons (Fsp3) is 0. The van der Waals surface area contributed by atoms with Gasteiger partial charge in [-0.2, -0.15) is 71.2 Å². The van der Waals surface area contributed by atoms with Crippen molar-refractivity contribution in [3.05, 3.63) is 71.8 Å². The Balaban J connectivity index is 0.000000284. The molecule has 17 heavy (non-hydrogen) atoms. The van der Waals surface area contributed by atoms with Crippen molar-refractivity contribution < 1.29 is 19.5 Å². The molecule has 0 aromatic heterocycles. The minimum absolute atomic E-state index is 0. The molecule has 3 heteroatoms. The standard InChI is InChI=1S/2C7H4N.Zn/c2*8-6-7-4-2-1-3-5-7;/h2*2-5H;/q2*-1;+2. The first-order chi connectivity index (χ1) is 7.86. The van der Waals surface area contributed by atoms with Crippen molar-refractivity contribution in [3.63, 3.8) is 0 Å². The third kappa shape index (κ3) is 6.26. The molecule has 0 spiro atoms. The summed E-state index contributed by atoms with van der Waals surface area (Å²) in [5.41, 5.74) is 1.37. The Labute approximate surface area is 114 Å². The van der Waals surface area contributed by atoms with E-state index in [9.17, 15) is 0 Å². The monoisotopic (exact) mass is 268 g/mol. The molecule has 0 saturated carbocycles. The molecule has 2 nitrogen and oxygen atoms in total. The van der Waals surface area contributed by atoms with E-state index in [4.69, 9.17) is 10.5 Å². The SMILES string of the molecule is N#Cc1cc[c-]cc1.N#Cc1cc[c-]cc1.[Zn+2]. The second kappa shape index (κ2) is 9.28. The molecule has 0 N–H and O–H groups in total. The molecular formula is C14H8N2Zn. The van der Waals surface area contributed by atoms with Gasteiger partial charge in [0.2, 0.25) is 0 Å². The van der Waals surface area contributed by atoms with E-state index in [1.54, 1.807) is 48.5 Å². The predicted molar refractivity (Wildman–Crippen MR) is 60.0 cm³/mol. The van der Waals surface area contributed by atoms with Crippen molar-refractivity contribution in [2.45, 2.75) is 0 Å². The van der Waals surface area contributed by atoms with E-state index in [2.05, 4.69) is 12.1 Å². The summed E-state index contributed by atoms with van der Waals surface area (Å²) in [7, 11) is 0. The van der Waals surface area contributed by atoms with Gasteiger partial charge in [-0.3, -0.25) is 0 Å². The summed E-state index contributed by atoms with van der Waals surface area (Å²) in [6, 6.07) is 23.4. The van der Waals surface area contributed by atoms with Crippen LogP contribution in [0, 0.1) is 34.8 Å². The van der Waals surface area contributed by atoms with Crippen LogP contribution in [0.25, 0.3) is 0 Å². The van der Waals surface area contributed by atoms with Crippen LogP contribution < -0.4 is 0 Å². The van der Waals surface area contributed by atoms with Gasteiger partial charge in [-0.25, -0.2) is 0 Å². The van der Waals surface area contributed by atoms with Crippen LogP contribution >= 0.6 is 0 Å². The third-order valence-electron chi connectivity index (χ3n) is 1.69. The van der Waals surface area contributed by atoms with Crippen LogP contribution in [0.4, 0.5) is 0 Å². The minimum Gasteiger partial charge on any atom is -0.195 e. The quantitative estimate of drug-likeness (QED) is 0.545. The van der Waals surface area contributed by atoms with Crippen LogP contribution in [0.1, 0.15) is 11.1 Å². The van der Waals surface area contributed by atoms with Gasteiger partial charge in [-0.05, 0) is 0 Å². The van der Waals surface area contributed by atoms with Crippen molar-refractivity contribution in [1.82, 2.24) is 0 Å². The molecule has 0 aliphatic heterocycles. The van der Waals surface area contributed by atoms with Crippen LogP contribution in [0.5, 0.6) is 0 Å². The number of rotatable bonds is 0. The summed E-state index contributed by atoms with van der Waals surface area (Å²) in [5, 5.41) is 16.5. The van der Waals surface area contributed by atoms with Crippen molar-refractivity contribution in [2.75, 3.05) is 0 Å². The van der Waals surface area contributed by atoms with E-state index >= 15 is 0 Å². The number of benzene rings is 2. The fourth-order valence-corrected chi connectivity index (χ4v) is 0.923. The molecule has 0 amide bonds. The molecule has 0 atom stereocenters. The zero-order valence-electron chi connectivity index (χ0n) is 9.22. The maximum atomic E-state index is 8.27. The van der Waals surface area contributed by atoms with Gasteiger partial charge in [0.05, 0.1) is 12.1 Å². The van der Waals surface area contributed by atoms with E-state index in [-0.39, 0.29) is 19.5 Å². The van der Waals surface area contributed by atoms with Crippen LogP contribution in [-0.2, 0) is 19.5 Å². The molecule has 0 aliphatic rings. The van der Waals surface area contributed by atoms with Gasteiger partial charge in [-0.15, -0.1) is 0 Å². The molecule has 2 aromatic carbocycles. The first-order valence-electron chi connectivity index (χ1n) is 4.59. The zero-order chi connectivity index (χ0) is 11.6. The second-order valence-electron chi connectivity index (χ2n) is 2.80. The molecule has 76 valence electrons. The maximum absolute atomic E-state index is 8.27. The van der Waals surface area contributed by atoms with E-state index < -0.39 is 0 Å². The Morgan fingerprint density at radius 1 is 0.706 bits per heavy atom. The normalized spacial score (nSPS) is 7.41. The maximum Gasteiger partial charge on any atom is 2.00 e. The Morgan fingerprint density at radius 2 is 1.00 bits per heavy atom. The molecule has 0 fully saturated rings. The molecule has 2 rings (SSSR count). The van der Waals surface area contributed by atoms with Crippen LogP contribution in [0.3, 0.4) is 0 Å². The number of nitrogens with zero attached hydrogens (tertiary/aromatic N) is 2. The van der Waals surface area contributed by atoms with Crippen LogP contribution in [-0.4, -0.2) is 0 Å². The first kappa shape index (κ1) is 15.0. The molecule has 0 bridgehead atoms. The summed E-state index contributed by atoms with van der Waals surface area (Å²) in [4.78, 5) is 0. The van der Waals surface area contributed by atoms with Gasteiger partial charge in [0, 0.05) is 0 Å². The number of nitriles is 2. The van der Waals surface area contributed by atoms with E-state index in [0.717, 1.165) is 0 Å². The van der Waals surface area contributed by atoms with Gasteiger partial charge in [0.15, 0.2) is 0 Å². The average molecular weight is 270 g/mol. The average Bonchev–Trinajstić information content (AvgIpc) is 2.41. The molecule has 2 aromatic rings. The third-order valence-corrected chi connectivity index (χ3v) is 1.69. The summed E-state index contributed by atoms with van der Waals surface area (Å²) in [5.74, 6) is 0. The Kier molecular flexibility index (Phi) is 8.21. The van der Waals surface area contributed by atoms with Crippen molar-refractivity contribution >= 4 is 0 Å². The van der Waals surface area contributed by atoms with Crippen LogP contribution in [0.2, 0.25) is 0 Å². The largest absolute Gasteiger partial charge is 2.00 e. The molecule has 0 unspecified atom stereocenters. The summed E-state index contributed by atoms with van der Waals surface area (Å²) in [6.07, 6.45) is 0. The molecule has 0 heterocycles. The van der Waals surface area contributed by atoms with E-state index in [1.807, 2.05) is 12.1 Å². The van der Waals surface area contributed by atoms with Gasteiger partial charge in [0.1, 0.15) is 0 Å². The number of hydrogen-bond donors (Lipinski definition) is 0. The Hall–Kier alpha value is -1.96.